The van der Waals surface area contributed by atoms with Crippen LogP contribution in [-0.4, -0.2) is 22.9 Å². The molecule has 4 heteroatoms. The number of nitrogens with one attached hydrogen (secondary N) is 1. The number of benzene rings is 1. The van der Waals surface area contributed by atoms with Gasteiger partial charge in [0.2, 0.25) is 0 Å². The van der Waals surface area contributed by atoms with Crippen LogP contribution in [0.1, 0.15) is 49.3 Å². The van der Waals surface area contributed by atoms with E-state index >= 15 is 0 Å². The molecule has 0 aliphatic carbocycles. The van der Waals surface area contributed by atoms with Crippen LogP contribution < -0.4 is 5.32 Å². The van der Waals surface area contributed by atoms with E-state index in [1.165, 1.54) is 11.1 Å². The van der Waals surface area contributed by atoms with Gasteiger partial charge in [-0.2, -0.15) is 5.10 Å². The molecule has 3 nitrogen and oxygen atoms in total. The fourth-order valence-corrected chi connectivity index (χ4v) is 3.14. The van der Waals surface area contributed by atoms with Gasteiger partial charge in [0, 0.05) is 24.7 Å². The molecule has 1 aromatic carbocycles. The van der Waals surface area contributed by atoms with Crippen LogP contribution in [-0.2, 0) is 0 Å². The van der Waals surface area contributed by atoms with Crippen LogP contribution in [0.2, 0.25) is 0 Å². The molecule has 2 unspecified atom stereocenters. The summed E-state index contributed by atoms with van der Waals surface area (Å²) in [6.45, 7) is 6.23. The minimum atomic E-state index is -0.174. The van der Waals surface area contributed by atoms with Gasteiger partial charge < -0.3 is 5.32 Å². The smallest absolute Gasteiger partial charge is 0.123 e. The molecule has 0 radical (unpaired) electrons. The molecular formula is C17H22FN3. The second kappa shape index (κ2) is 5.98. The quantitative estimate of drug-likeness (QED) is 0.937. The molecule has 1 aliphatic heterocycles. The number of piperidine rings is 1. The zero-order valence-electron chi connectivity index (χ0n) is 12.6. The van der Waals surface area contributed by atoms with Crippen LogP contribution in [0.15, 0.2) is 36.7 Å². The van der Waals surface area contributed by atoms with E-state index in [0.717, 1.165) is 19.5 Å². The lowest BCUT2D eigenvalue weighted by Crippen LogP contribution is -2.33. The van der Waals surface area contributed by atoms with E-state index in [2.05, 4.69) is 30.5 Å². The van der Waals surface area contributed by atoms with Crippen molar-refractivity contribution in [1.82, 2.24) is 15.1 Å². The van der Waals surface area contributed by atoms with Crippen molar-refractivity contribution >= 4 is 0 Å². The fraction of sp³-hybridized carbons (Fsp3) is 0.471. The summed E-state index contributed by atoms with van der Waals surface area (Å²) < 4.78 is 15.2. The number of nitrogens with zero attached hydrogens (tertiary/aromatic N) is 2. The molecule has 1 saturated heterocycles. The number of hydrogen-bond donors (Lipinski definition) is 1. The van der Waals surface area contributed by atoms with Crippen molar-refractivity contribution in [1.29, 1.82) is 0 Å². The molecule has 2 atom stereocenters. The normalized spacial score (nSPS) is 22.7. The maximum atomic E-state index is 13.1. The van der Waals surface area contributed by atoms with Crippen LogP contribution in [0.25, 0.3) is 0 Å². The van der Waals surface area contributed by atoms with Gasteiger partial charge in [-0.15, -0.1) is 0 Å². The first-order valence-electron chi connectivity index (χ1n) is 7.65. The summed E-state index contributed by atoms with van der Waals surface area (Å²) in [5.41, 5.74) is 2.49. The Labute approximate surface area is 125 Å². The third-order valence-corrected chi connectivity index (χ3v) is 4.36. The largest absolute Gasteiger partial charge is 0.316 e. The zero-order valence-corrected chi connectivity index (χ0v) is 12.6. The molecule has 1 aliphatic rings. The van der Waals surface area contributed by atoms with Gasteiger partial charge in [-0.25, -0.2) is 4.39 Å². The summed E-state index contributed by atoms with van der Waals surface area (Å²) in [5, 5.41) is 7.93. The van der Waals surface area contributed by atoms with Gasteiger partial charge in [0.25, 0.3) is 0 Å². The maximum Gasteiger partial charge on any atom is 0.123 e. The van der Waals surface area contributed by atoms with Crippen LogP contribution in [0.5, 0.6) is 0 Å². The average molecular weight is 287 g/mol. The van der Waals surface area contributed by atoms with E-state index in [9.17, 15) is 4.39 Å². The van der Waals surface area contributed by atoms with Crippen molar-refractivity contribution < 1.29 is 4.39 Å². The van der Waals surface area contributed by atoms with E-state index in [-0.39, 0.29) is 5.82 Å². The summed E-state index contributed by atoms with van der Waals surface area (Å²) in [4.78, 5) is 0. The number of halogens is 1. The van der Waals surface area contributed by atoms with Gasteiger partial charge >= 0.3 is 0 Å². The molecule has 1 aromatic heterocycles. The van der Waals surface area contributed by atoms with E-state index in [1.54, 1.807) is 12.1 Å². The van der Waals surface area contributed by atoms with E-state index in [0.29, 0.717) is 17.9 Å². The predicted molar refractivity (Wildman–Crippen MR) is 82.0 cm³/mol. The second-order valence-electron chi connectivity index (χ2n) is 6.10. The van der Waals surface area contributed by atoms with Gasteiger partial charge in [0.1, 0.15) is 5.82 Å². The molecule has 2 aromatic rings. The lowest BCUT2D eigenvalue weighted by Gasteiger charge is -2.32. The highest BCUT2D eigenvalue weighted by atomic mass is 19.1. The highest BCUT2D eigenvalue weighted by Crippen LogP contribution is 2.37. The second-order valence-corrected chi connectivity index (χ2v) is 6.10. The summed E-state index contributed by atoms with van der Waals surface area (Å²) in [5.74, 6) is 0.653. The van der Waals surface area contributed by atoms with Gasteiger partial charge in [-0.05, 0) is 56.0 Å². The predicted octanol–water partition coefficient (Wildman–Crippen LogP) is 3.46. The van der Waals surface area contributed by atoms with E-state index in [4.69, 9.17) is 0 Å². The highest BCUT2D eigenvalue weighted by molar-refractivity contribution is 5.28. The van der Waals surface area contributed by atoms with Gasteiger partial charge in [0.15, 0.2) is 0 Å². The SMILES string of the molecule is CC(C)n1cc(C2CCNCC2c2ccc(F)cc2)cn1. The molecule has 0 bridgehead atoms. The first-order valence-corrected chi connectivity index (χ1v) is 7.65. The Balaban J connectivity index is 1.88. The van der Waals surface area contributed by atoms with Crippen LogP contribution in [0.4, 0.5) is 4.39 Å². The Morgan fingerprint density at radius 3 is 2.62 bits per heavy atom. The Morgan fingerprint density at radius 2 is 1.95 bits per heavy atom. The van der Waals surface area contributed by atoms with Crippen molar-refractivity contribution in [2.24, 2.45) is 0 Å². The Kier molecular flexibility index (Phi) is 4.06. The Morgan fingerprint density at radius 1 is 1.19 bits per heavy atom. The maximum absolute atomic E-state index is 13.1. The Bertz CT molecular complexity index is 588. The third kappa shape index (κ3) is 3.00. The average Bonchev–Trinajstić information content (AvgIpc) is 2.98. The van der Waals surface area contributed by atoms with E-state index in [1.807, 2.05) is 23.0 Å². The molecule has 1 fully saturated rings. The van der Waals surface area contributed by atoms with Gasteiger partial charge in [-0.3, -0.25) is 4.68 Å². The standard InChI is InChI=1S/C17H22FN3/c1-12(2)21-11-14(9-20-21)16-7-8-19-10-17(16)13-3-5-15(18)6-4-13/h3-6,9,11-12,16-17,19H,7-8,10H2,1-2H3. The first kappa shape index (κ1) is 14.3. The van der Waals surface area contributed by atoms with Crippen LogP contribution in [0.3, 0.4) is 0 Å². The summed E-state index contributed by atoms with van der Waals surface area (Å²) in [6.07, 6.45) is 5.25. The summed E-state index contributed by atoms with van der Waals surface area (Å²) in [7, 11) is 0. The van der Waals surface area contributed by atoms with Crippen molar-refractivity contribution in [2.75, 3.05) is 13.1 Å². The number of aromatic nitrogens is 2. The fourth-order valence-electron chi connectivity index (χ4n) is 3.14. The topological polar surface area (TPSA) is 29.9 Å². The highest BCUT2D eigenvalue weighted by Gasteiger charge is 2.28. The van der Waals surface area contributed by atoms with Crippen molar-refractivity contribution in [2.45, 2.75) is 38.1 Å². The molecule has 1 N–H and O–H groups in total. The third-order valence-electron chi connectivity index (χ3n) is 4.36. The monoisotopic (exact) mass is 287 g/mol. The molecule has 0 spiro atoms. The minimum Gasteiger partial charge on any atom is -0.316 e. The molecule has 0 amide bonds. The van der Waals surface area contributed by atoms with E-state index < -0.39 is 0 Å². The van der Waals surface area contributed by atoms with Crippen LogP contribution >= 0.6 is 0 Å². The molecule has 112 valence electrons. The molecule has 2 heterocycles. The summed E-state index contributed by atoms with van der Waals surface area (Å²) in [6, 6.07) is 7.31. The van der Waals surface area contributed by atoms with Gasteiger partial charge in [-0.1, -0.05) is 12.1 Å². The molecular weight excluding hydrogens is 265 g/mol. The zero-order chi connectivity index (χ0) is 14.8. The van der Waals surface area contributed by atoms with Crippen molar-refractivity contribution in [3.05, 3.63) is 53.6 Å². The minimum absolute atomic E-state index is 0.174. The molecule has 3 rings (SSSR count). The molecule has 0 saturated carbocycles. The van der Waals surface area contributed by atoms with Crippen LogP contribution in [0, 0.1) is 5.82 Å². The first-order chi connectivity index (χ1) is 10.1. The van der Waals surface area contributed by atoms with Gasteiger partial charge in [0.05, 0.1) is 6.20 Å². The molecule has 21 heavy (non-hydrogen) atoms. The summed E-state index contributed by atoms with van der Waals surface area (Å²) >= 11 is 0. The van der Waals surface area contributed by atoms with Crippen molar-refractivity contribution in [3.63, 3.8) is 0 Å². The Hall–Kier alpha value is -1.68. The lowest BCUT2D eigenvalue weighted by atomic mass is 9.78. The lowest BCUT2D eigenvalue weighted by molar-refractivity contribution is 0.403. The number of hydrogen-bond acceptors (Lipinski definition) is 2. The number of rotatable bonds is 3. The van der Waals surface area contributed by atoms with Crippen molar-refractivity contribution in [3.8, 4) is 0 Å².